The number of fused-ring (bicyclic) bond motifs is 1. The number of aromatic nitrogens is 2. The van der Waals surface area contributed by atoms with E-state index in [1.165, 1.54) is 6.07 Å². The van der Waals surface area contributed by atoms with E-state index in [1.54, 1.807) is 24.3 Å². The molecule has 0 saturated heterocycles. The summed E-state index contributed by atoms with van der Waals surface area (Å²) in [4.78, 5) is 8.46. The molecule has 0 saturated carbocycles. The maximum Gasteiger partial charge on any atom is 0.186 e. The molecule has 0 bridgehead atoms. The molecule has 2 aromatic carbocycles. The van der Waals surface area contributed by atoms with Crippen LogP contribution in [0.2, 0.25) is 5.02 Å². The topological polar surface area (TPSA) is 25.8 Å². The molecule has 1 aromatic heterocycles. The van der Waals surface area contributed by atoms with Crippen molar-refractivity contribution >= 4 is 30.5 Å². The Hall–Kier alpha value is -2.01. The van der Waals surface area contributed by atoms with Crippen LogP contribution < -0.4 is 0 Å². The first-order chi connectivity index (χ1) is 10.1. The molecule has 0 N–H and O–H groups in total. The quantitative estimate of drug-likeness (QED) is 0.671. The van der Waals surface area contributed by atoms with Gasteiger partial charge in [-0.3, -0.25) is 0 Å². The minimum atomic E-state index is -1.03. The number of halogens is 3. The molecule has 3 rings (SSSR count). The second-order valence-electron chi connectivity index (χ2n) is 4.43. The summed E-state index contributed by atoms with van der Waals surface area (Å²) >= 11 is 6.13. The first kappa shape index (κ1) is 14.0. The van der Waals surface area contributed by atoms with E-state index in [4.69, 9.17) is 19.4 Å². The van der Waals surface area contributed by atoms with Crippen LogP contribution in [0, 0.1) is 11.6 Å². The summed E-state index contributed by atoms with van der Waals surface area (Å²) in [6.07, 6.45) is 0.114. The van der Waals surface area contributed by atoms with Crippen LogP contribution >= 0.6 is 11.6 Å². The Morgan fingerprint density at radius 3 is 2.52 bits per heavy atom. The normalized spacial score (nSPS) is 11.0. The maximum absolute atomic E-state index is 13.9. The molecule has 6 heteroatoms. The fourth-order valence-electron chi connectivity index (χ4n) is 2.11. The van der Waals surface area contributed by atoms with Crippen LogP contribution in [0.25, 0.3) is 22.3 Å². The minimum Gasteiger partial charge on any atom is -0.250 e. The maximum atomic E-state index is 13.9. The number of hydrogen-bond acceptors (Lipinski definition) is 2. The highest BCUT2D eigenvalue weighted by atomic mass is 35.5. The van der Waals surface area contributed by atoms with Gasteiger partial charge in [0.1, 0.15) is 5.52 Å². The summed E-state index contributed by atoms with van der Waals surface area (Å²) in [5.74, 6) is -2.00. The third kappa shape index (κ3) is 2.38. The zero-order valence-corrected chi connectivity index (χ0v) is 11.5. The Morgan fingerprint density at radius 2 is 1.81 bits per heavy atom. The SMILES string of the molecule is [B]Cc1nc2ccc(F)c(F)c2nc1-c1ccccc1Cl. The van der Waals surface area contributed by atoms with E-state index >= 15 is 0 Å². The standard InChI is InChI=1S/C15H8BClF2N2/c16-7-12-14(8-3-1-2-4-9(8)17)21-15-11(20-12)6-5-10(18)13(15)19/h1-6H,7H2. The molecule has 102 valence electrons. The van der Waals surface area contributed by atoms with Crippen molar-refractivity contribution in [2.24, 2.45) is 0 Å². The number of rotatable bonds is 2. The van der Waals surface area contributed by atoms with Crippen molar-refractivity contribution in [2.45, 2.75) is 6.32 Å². The van der Waals surface area contributed by atoms with Crippen molar-refractivity contribution in [1.82, 2.24) is 9.97 Å². The Labute approximate surface area is 126 Å². The van der Waals surface area contributed by atoms with Crippen LogP contribution in [0.3, 0.4) is 0 Å². The van der Waals surface area contributed by atoms with Crippen LogP contribution in [-0.4, -0.2) is 17.8 Å². The highest BCUT2D eigenvalue weighted by Crippen LogP contribution is 2.30. The molecule has 3 aromatic rings. The summed E-state index contributed by atoms with van der Waals surface area (Å²) < 4.78 is 27.2. The van der Waals surface area contributed by atoms with Crippen molar-refractivity contribution in [3.8, 4) is 11.3 Å². The molecule has 0 amide bonds. The molecular formula is C15H8BClF2N2. The minimum absolute atomic E-state index is 0.114. The lowest BCUT2D eigenvalue weighted by Crippen LogP contribution is -2.02. The van der Waals surface area contributed by atoms with Gasteiger partial charge in [-0.05, 0) is 24.5 Å². The van der Waals surface area contributed by atoms with Crippen LogP contribution in [0.1, 0.15) is 5.69 Å². The second-order valence-corrected chi connectivity index (χ2v) is 4.84. The summed E-state index contributed by atoms with van der Waals surface area (Å²) in [6.45, 7) is 0. The molecule has 21 heavy (non-hydrogen) atoms. The van der Waals surface area contributed by atoms with Crippen molar-refractivity contribution in [1.29, 1.82) is 0 Å². The second kappa shape index (κ2) is 5.41. The van der Waals surface area contributed by atoms with Gasteiger partial charge < -0.3 is 0 Å². The third-order valence-electron chi connectivity index (χ3n) is 3.12. The molecule has 0 aliphatic heterocycles. The predicted octanol–water partition coefficient (Wildman–Crippen LogP) is 3.90. The average Bonchev–Trinajstić information content (AvgIpc) is 2.50. The molecule has 0 fully saturated rings. The Kier molecular flexibility index (Phi) is 3.59. The summed E-state index contributed by atoms with van der Waals surface area (Å²) in [6, 6.07) is 9.34. The first-order valence-corrected chi connectivity index (χ1v) is 6.59. The van der Waals surface area contributed by atoms with Crippen molar-refractivity contribution in [3.05, 3.63) is 58.7 Å². The number of benzene rings is 2. The summed E-state index contributed by atoms with van der Waals surface area (Å²) in [5.41, 5.74) is 1.53. The van der Waals surface area contributed by atoms with Crippen molar-refractivity contribution in [3.63, 3.8) is 0 Å². The molecule has 0 unspecified atom stereocenters. The molecule has 0 atom stereocenters. The Bertz CT molecular complexity index is 839. The van der Waals surface area contributed by atoms with E-state index in [-0.39, 0.29) is 17.4 Å². The predicted molar refractivity (Wildman–Crippen MR) is 79.4 cm³/mol. The van der Waals surface area contributed by atoms with Crippen LogP contribution in [0.4, 0.5) is 8.78 Å². The molecule has 0 spiro atoms. The Balaban J connectivity index is 2.36. The molecule has 0 aliphatic carbocycles. The fourth-order valence-corrected chi connectivity index (χ4v) is 2.34. The molecule has 0 aliphatic rings. The van der Waals surface area contributed by atoms with Crippen molar-refractivity contribution in [2.75, 3.05) is 0 Å². The van der Waals surface area contributed by atoms with E-state index in [0.717, 1.165) is 6.07 Å². The van der Waals surface area contributed by atoms with Gasteiger partial charge in [0.25, 0.3) is 0 Å². The van der Waals surface area contributed by atoms with Crippen molar-refractivity contribution < 1.29 is 8.78 Å². The van der Waals surface area contributed by atoms with E-state index in [9.17, 15) is 8.78 Å². The van der Waals surface area contributed by atoms with Gasteiger partial charge >= 0.3 is 0 Å². The van der Waals surface area contributed by atoms with Crippen LogP contribution in [0.15, 0.2) is 36.4 Å². The number of nitrogens with zero attached hydrogens (tertiary/aromatic N) is 2. The van der Waals surface area contributed by atoms with E-state index in [1.807, 2.05) is 0 Å². The first-order valence-electron chi connectivity index (χ1n) is 6.21. The summed E-state index contributed by atoms with van der Waals surface area (Å²) in [5, 5.41) is 0.442. The zero-order valence-electron chi connectivity index (χ0n) is 10.8. The third-order valence-corrected chi connectivity index (χ3v) is 3.45. The lowest BCUT2D eigenvalue weighted by atomic mass is 9.97. The van der Waals surface area contributed by atoms with Crippen LogP contribution in [-0.2, 0) is 6.32 Å². The van der Waals surface area contributed by atoms with Gasteiger partial charge in [-0.1, -0.05) is 29.8 Å². The Morgan fingerprint density at radius 1 is 1.05 bits per heavy atom. The monoisotopic (exact) mass is 300 g/mol. The van der Waals surface area contributed by atoms with E-state index in [0.29, 0.717) is 22.0 Å². The number of hydrogen-bond donors (Lipinski definition) is 0. The van der Waals surface area contributed by atoms with Gasteiger partial charge in [0, 0.05) is 5.56 Å². The summed E-state index contributed by atoms with van der Waals surface area (Å²) in [7, 11) is 5.68. The van der Waals surface area contributed by atoms with E-state index in [2.05, 4.69) is 9.97 Å². The highest BCUT2D eigenvalue weighted by Gasteiger charge is 2.16. The zero-order chi connectivity index (χ0) is 15.0. The highest BCUT2D eigenvalue weighted by molar-refractivity contribution is 6.33. The fraction of sp³-hybridized carbons (Fsp3) is 0.0667. The van der Waals surface area contributed by atoms with Gasteiger partial charge in [0.15, 0.2) is 11.6 Å². The lowest BCUT2D eigenvalue weighted by molar-refractivity contribution is 0.515. The van der Waals surface area contributed by atoms with Gasteiger partial charge in [0.2, 0.25) is 0 Å². The van der Waals surface area contributed by atoms with Gasteiger partial charge in [0.05, 0.1) is 29.8 Å². The van der Waals surface area contributed by atoms with Gasteiger partial charge in [-0.15, -0.1) is 0 Å². The van der Waals surface area contributed by atoms with E-state index < -0.39 is 11.6 Å². The average molecular weight is 301 g/mol. The molecule has 2 nitrogen and oxygen atoms in total. The smallest absolute Gasteiger partial charge is 0.186 e. The van der Waals surface area contributed by atoms with Gasteiger partial charge in [-0.25, -0.2) is 18.7 Å². The van der Waals surface area contributed by atoms with Crippen LogP contribution in [0.5, 0.6) is 0 Å². The van der Waals surface area contributed by atoms with Gasteiger partial charge in [-0.2, -0.15) is 0 Å². The lowest BCUT2D eigenvalue weighted by Gasteiger charge is -2.10. The largest absolute Gasteiger partial charge is 0.250 e. The molecule has 2 radical (unpaired) electrons. The molecular weight excluding hydrogens is 292 g/mol. The molecule has 1 heterocycles.